The first kappa shape index (κ1) is 13.2. The van der Waals surface area contributed by atoms with Crippen molar-refractivity contribution in [3.63, 3.8) is 0 Å². The van der Waals surface area contributed by atoms with Gasteiger partial charge in [-0.3, -0.25) is 10.1 Å². The van der Waals surface area contributed by atoms with E-state index in [1.165, 1.54) is 12.1 Å². The summed E-state index contributed by atoms with van der Waals surface area (Å²) >= 11 is 0. The molecule has 0 unspecified atom stereocenters. The molecule has 0 radical (unpaired) electrons. The maximum absolute atomic E-state index is 10.9. The van der Waals surface area contributed by atoms with Gasteiger partial charge in [0, 0.05) is 18.7 Å². The molecule has 2 N–H and O–H groups in total. The number of nitrogens with two attached hydrogens (primary N) is 1. The van der Waals surface area contributed by atoms with Crippen molar-refractivity contribution in [1.29, 1.82) is 0 Å². The molecule has 0 bridgehead atoms. The summed E-state index contributed by atoms with van der Waals surface area (Å²) in [7, 11) is 0. The first-order valence-corrected chi connectivity index (χ1v) is 5.97. The van der Waals surface area contributed by atoms with Crippen LogP contribution in [0.2, 0.25) is 0 Å². The summed E-state index contributed by atoms with van der Waals surface area (Å²) in [6, 6.07) is 4.69. The average Bonchev–Trinajstić information content (AvgIpc) is 2.81. The maximum Gasteiger partial charge on any atom is 0.271 e. The van der Waals surface area contributed by atoms with Gasteiger partial charge in [0.1, 0.15) is 0 Å². The Morgan fingerprint density at radius 2 is 2.21 bits per heavy atom. The summed E-state index contributed by atoms with van der Waals surface area (Å²) in [6.45, 7) is 4.15. The fourth-order valence-corrected chi connectivity index (χ4v) is 1.98. The number of hydrogen-bond donors (Lipinski definition) is 1. The summed E-state index contributed by atoms with van der Waals surface area (Å²) in [5.74, 6) is 0. The molecule has 1 heterocycles. The zero-order valence-electron chi connectivity index (χ0n) is 10.8. The van der Waals surface area contributed by atoms with Crippen LogP contribution in [-0.4, -0.2) is 19.9 Å². The maximum atomic E-state index is 10.9. The molecule has 0 aliphatic rings. The third-order valence-electron chi connectivity index (χ3n) is 3.00. The molecule has 0 aliphatic carbocycles. The van der Waals surface area contributed by atoms with Crippen LogP contribution in [0.3, 0.4) is 0 Å². The number of rotatable bonds is 4. The van der Waals surface area contributed by atoms with Gasteiger partial charge in [-0.05, 0) is 18.9 Å². The standard InChI is InChI=1S/C12H15N5O2/c1-3-11-10(7-13)14-15-16(11)12-6-9(17(18)19)5-4-8(12)2/h4-6H,3,7,13H2,1-2H3. The molecule has 1 aromatic heterocycles. The highest BCUT2D eigenvalue weighted by Gasteiger charge is 2.16. The zero-order valence-corrected chi connectivity index (χ0v) is 10.8. The second-order valence-electron chi connectivity index (χ2n) is 4.18. The highest BCUT2D eigenvalue weighted by molar-refractivity contribution is 5.49. The number of nitro benzene ring substituents is 1. The number of benzene rings is 1. The Hall–Kier alpha value is -2.28. The van der Waals surface area contributed by atoms with Crippen molar-refractivity contribution in [2.24, 2.45) is 5.73 Å². The molecule has 0 aliphatic heterocycles. The molecular formula is C12H15N5O2. The molecule has 0 spiro atoms. The van der Waals surface area contributed by atoms with E-state index in [1.807, 2.05) is 13.8 Å². The van der Waals surface area contributed by atoms with Gasteiger partial charge in [0.25, 0.3) is 5.69 Å². The third-order valence-corrected chi connectivity index (χ3v) is 3.00. The number of hydrogen-bond acceptors (Lipinski definition) is 5. The number of nitrogens with zero attached hydrogens (tertiary/aromatic N) is 4. The molecule has 7 nitrogen and oxygen atoms in total. The molecule has 0 saturated carbocycles. The van der Waals surface area contributed by atoms with E-state index in [9.17, 15) is 10.1 Å². The minimum atomic E-state index is -0.421. The third kappa shape index (κ3) is 2.32. The SMILES string of the molecule is CCc1c(CN)nnn1-c1cc([N+](=O)[O-])ccc1C. The molecule has 1 aromatic carbocycles. The second kappa shape index (κ2) is 5.15. The first-order chi connectivity index (χ1) is 9.08. The second-order valence-corrected chi connectivity index (χ2v) is 4.18. The average molecular weight is 261 g/mol. The van der Waals surface area contributed by atoms with Gasteiger partial charge in [-0.1, -0.05) is 18.2 Å². The summed E-state index contributed by atoms with van der Waals surface area (Å²) in [6.07, 6.45) is 0.710. The monoisotopic (exact) mass is 261 g/mol. The summed E-state index contributed by atoms with van der Waals surface area (Å²) < 4.78 is 1.63. The lowest BCUT2D eigenvalue weighted by Gasteiger charge is -2.08. The van der Waals surface area contributed by atoms with Crippen molar-refractivity contribution in [2.75, 3.05) is 0 Å². The van der Waals surface area contributed by atoms with Crippen molar-refractivity contribution in [3.8, 4) is 5.69 Å². The molecule has 0 atom stereocenters. The lowest BCUT2D eigenvalue weighted by atomic mass is 10.1. The minimum absolute atomic E-state index is 0.0347. The predicted molar refractivity (Wildman–Crippen MR) is 70.0 cm³/mol. The van der Waals surface area contributed by atoms with Crippen LogP contribution in [0, 0.1) is 17.0 Å². The van der Waals surface area contributed by atoms with Gasteiger partial charge >= 0.3 is 0 Å². The Kier molecular flexibility index (Phi) is 3.57. The van der Waals surface area contributed by atoms with Crippen LogP contribution in [-0.2, 0) is 13.0 Å². The molecule has 0 saturated heterocycles. The van der Waals surface area contributed by atoms with Crippen molar-refractivity contribution in [3.05, 3.63) is 45.3 Å². The van der Waals surface area contributed by atoms with Gasteiger partial charge < -0.3 is 5.73 Å². The van der Waals surface area contributed by atoms with E-state index >= 15 is 0 Å². The Balaban J connectivity index is 2.61. The van der Waals surface area contributed by atoms with E-state index in [1.54, 1.807) is 10.7 Å². The number of non-ortho nitro benzene ring substituents is 1. The lowest BCUT2D eigenvalue weighted by Crippen LogP contribution is -2.07. The Bertz CT molecular complexity index is 621. The van der Waals surface area contributed by atoms with Crippen LogP contribution < -0.4 is 5.73 Å². The Labute approximate surface area is 110 Å². The van der Waals surface area contributed by atoms with Crippen molar-refractivity contribution >= 4 is 5.69 Å². The van der Waals surface area contributed by atoms with E-state index in [0.717, 1.165) is 11.3 Å². The van der Waals surface area contributed by atoms with Crippen LogP contribution in [0.1, 0.15) is 23.9 Å². The highest BCUT2D eigenvalue weighted by atomic mass is 16.6. The summed E-state index contributed by atoms with van der Waals surface area (Å²) in [5, 5.41) is 18.9. The van der Waals surface area contributed by atoms with Gasteiger partial charge in [0.15, 0.2) is 0 Å². The largest absolute Gasteiger partial charge is 0.325 e. The van der Waals surface area contributed by atoms with Crippen molar-refractivity contribution in [1.82, 2.24) is 15.0 Å². The van der Waals surface area contributed by atoms with Gasteiger partial charge in [-0.2, -0.15) is 0 Å². The van der Waals surface area contributed by atoms with Crippen molar-refractivity contribution < 1.29 is 4.92 Å². The Morgan fingerprint density at radius 3 is 2.79 bits per heavy atom. The molecule has 7 heteroatoms. The van der Waals surface area contributed by atoms with Crippen LogP contribution in [0.4, 0.5) is 5.69 Å². The fourth-order valence-electron chi connectivity index (χ4n) is 1.98. The number of aromatic nitrogens is 3. The summed E-state index contributed by atoms with van der Waals surface area (Å²) in [5.41, 5.74) is 8.80. The smallest absolute Gasteiger partial charge is 0.271 e. The quantitative estimate of drug-likeness (QED) is 0.664. The zero-order chi connectivity index (χ0) is 14.0. The number of aryl methyl sites for hydroxylation is 1. The molecule has 19 heavy (non-hydrogen) atoms. The minimum Gasteiger partial charge on any atom is -0.325 e. The topological polar surface area (TPSA) is 99.9 Å². The van der Waals surface area contributed by atoms with Crippen LogP contribution in [0.5, 0.6) is 0 Å². The molecule has 100 valence electrons. The molecule has 0 fully saturated rings. The van der Waals surface area contributed by atoms with Crippen LogP contribution in [0.25, 0.3) is 5.69 Å². The van der Waals surface area contributed by atoms with Gasteiger partial charge in [0.2, 0.25) is 0 Å². The van der Waals surface area contributed by atoms with E-state index in [-0.39, 0.29) is 5.69 Å². The lowest BCUT2D eigenvalue weighted by molar-refractivity contribution is -0.384. The fraction of sp³-hybridized carbons (Fsp3) is 0.333. The normalized spacial score (nSPS) is 10.7. The molecule has 2 aromatic rings. The Morgan fingerprint density at radius 1 is 1.47 bits per heavy atom. The molecule has 2 rings (SSSR count). The van der Waals surface area contributed by atoms with Crippen molar-refractivity contribution in [2.45, 2.75) is 26.8 Å². The van der Waals surface area contributed by atoms with E-state index in [2.05, 4.69) is 10.3 Å². The highest BCUT2D eigenvalue weighted by Crippen LogP contribution is 2.22. The number of nitro groups is 1. The molecular weight excluding hydrogens is 246 g/mol. The van der Waals surface area contributed by atoms with Gasteiger partial charge in [0.05, 0.1) is 22.0 Å². The summed E-state index contributed by atoms with van der Waals surface area (Å²) in [4.78, 5) is 10.4. The molecule has 0 amide bonds. The van der Waals surface area contributed by atoms with Gasteiger partial charge in [-0.25, -0.2) is 4.68 Å². The van der Waals surface area contributed by atoms with E-state index in [4.69, 9.17) is 5.73 Å². The van der Waals surface area contributed by atoms with Crippen LogP contribution >= 0.6 is 0 Å². The van der Waals surface area contributed by atoms with E-state index < -0.39 is 4.92 Å². The van der Waals surface area contributed by atoms with Gasteiger partial charge in [-0.15, -0.1) is 5.10 Å². The first-order valence-electron chi connectivity index (χ1n) is 5.97. The van der Waals surface area contributed by atoms with Crippen LogP contribution in [0.15, 0.2) is 18.2 Å². The predicted octanol–water partition coefficient (Wildman–Crippen LogP) is 1.51. The van der Waals surface area contributed by atoms with E-state index in [0.29, 0.717) is 24.3 Å².